The zero-order valence-electron chi connectivity index (χ0n) is 16.4. The average Bonchev–Trinajstić information content (AvgIpc) is 3.42. The number of benzene rings is 2. The number of ether oxygens (including phenoxy) is 1. The van der Waals surface area contributed by atoms with Gasteiger partial charge in [0.05, 0.1) is 11.9 Å². The van der Waals surface area contributed by atoms with Crippen molar-refractivity contribution in [2.24, 2.45) is 0 Å². The molecule has 0 bridgehead atoms. The smallest absolute Gasteiger partial charge is 0.230 e. The van der Waals surface area contributed by atoms with Crippen LogP contribution in [0.15, 0.2) is 59.8 Å². The Bertz CT molecular complexity index is 951. The maximum Gasteiger partial charge on any atom is 0.230 e. The van der Waals surface area contributed by atoms with Gasteiger partial charge in [-0.15, -0.1) is 10.2 Å². The Balaban J connectivity index is 1.52. The van der Waals surface area contributed by atoms with E-state index in [4.69, 9.17) is 4.74 Å². The molecule has 29 heavy (non-hydrogen) atoms. The maximum atomic E-state index is 12.3. The largest absolute Gasteiger partial charge is 0.376 e. The number of hydrogen-bond acceptors (Lipinski definition) is 5. The van der Waals surface area contributed by atoms with Crippen molar-refractivity contribution in [1.82, 2.24) is 20.1 Å². The van der Waals surface area contributed by atoms with Gasteiger partial charge < -0.3 is 10.1 Å². The van der Waals surface area contributed by atoms with Crippen LogP contribution in [-0.2, 0) is 9.53 Å². The number of rotatable bonds is 7. The molecule has 0 saturated carbocycles. The van der Waals surface area contributed by atoms with E-state index in [9.17, 15) is 4.79 Å². The standard InChI is InChI=1S/C22H24N4O2S/c1-16-9-11-18(12-10-16)26-21(17-6-3-2-4-7-17)24-25-22(26)29-15-20(27)23-14-19-8-5-13-28-19/h2-4,6-7,9-12,19H,5,8,13-15H2,1H3,(H,23,27)/t19-/m0/s1. The number of aryl methyl sites for hydroxylation is 1. The van der Waals surface area contributed by atoms with Crippen LogP contribution in [-0.4, -0.2) is 45.7 Å². The molecule has 1 aromatic heterocycles. The Morgan fingerprint density at radius 1 is 1.17 bits per heavy atom. The van der Waals surface area contributed by atoms with Crippen molar-refractivity contribution in [2.75, 3.05) is 18.9 Å². The average molecular weight is 409 g/mol. The molecule has 6 nitrogen and oxygen atoms in total. The van der Waals surface area contributed by atoms with Gasteiger partial charge in [0, 0.05) is 24.4 Å². The van der Waals surface area contributed by atoms with Gasteiger partial charge in [-0.05, 0) is 31.9 Å². The second-order valence-corrected chi connectivity index (χ2v) is 8.01. The summed E-state index contributed by atoms with van der Waals surface area (Å²) >= 11 is 1.39. The lowest BCUT2D eigenvalue weighted by Crippen LogP contribution is -2.32. The maximum absolute atomic E-state index is 12.3. The Labute approximate surface area is 174 Å². The summed E-state index contributed by atoms with van der Waals surface area (Å²) in [5.41, 5.74) is 3.14. The third-order valence-corrected chi connectivity index (χ3v) is 5.77. The molecule has 0 unspecified atom stereocenters. The monoisotopic (exact) mass is 408 g/mol. The summed E-state index contributed by atoms with van der Waals surface area (Å²) in [5, 5.41) is 12.4. The molecule has 1 aliphatic heterocycles. The minimum absolute atomic E-state index is 0.0229. The Morgan fingerprint density at radius 2 is 1.97 bits per heavy atom. The van der Waals surface area contributed by atoms with Crippen LogP contribution in [0.3, 0.4) is 0 Å². The van der Waals surface area contributed by atoms with E-state index in [1.807, 2.05) is 47.0 Å². The van der Waals surface area contributed by atoms with Crippen molar-refractivity contribution in [2.45, 2.75) is 31.0 Å². The van der Waals surface area contributed by atoms with E-state index in [2.05, 4.69) is 34.6 Å². The number of carbonyl (C=O) groups excluding carboxylic acids is 1. The first-order valence-electron chi connectivity index (χ1n) is 9.79. The van der Waals surface area contributed by atoms with E-state index in [-0.39, 0.29) is 17.8 Å². The Kier molecular flexibility index (Phi) is 6.27. The number of amides is 1. The first-order chi connectivity index (χ1) is 14.2. The highest BCUT2D eigenvalue weighted by Crippen LogP contribution is 2.28. The van der Waals surface area contributed by atoms with Crippen LogP contribution >= 0.6 is 11.8 Å². The quantitative estimate of drug-likeness (QED) is 0.605. The molecule has 3 aromatic rings. The predicted molar refractivity (Wildman–Crippen MR) is 114 cm³/mol. The summed E-state index contributed by atoms with van der Waals surface area (Å²) in [5.74, 6) is 1.02. The van der Waals surface area contributed by atoms with Crippen molar-refractivity contribution in [3.8, 4) is 17.1 Å². The topological polar surface area (TPSA) is 69.0 Å². The van der Waals surface area contributed by atoms with E-state index >= 15 is 0 Å². The summed E-state index contributed by atoms with van der Waals surface area (Å²) in [4.78, 5) is 12.3. The normalized spacial score (nSPS) is 16.1. The number of thioether (sulfide) groups is 1. The molecule has 0 spiro atoms. The fourth-order valence-corrected chi connectivity index (χ4v) is 4.06. The molecule has 1 amide bonds. The minimum Gasteiger partial charge on any atom is -0.376 e. The van der Waals surface area contributed by atoms with Gasteiger partial charge in [-0.3, -0.25) is 9.36 Å². The lowest BCUT2D eigenvalue weighted by molar-refractivity contribution is -0.119. The SMILES string of the molecule is Cc1ccc(-n2c(SCC(=O)NC[C@@H]3CCCO3)nnc2-c2ccccc2)cc1. The van der Waals surface area contributed by atoms with Crippen molar-refractivity contribution >= 4 is 17.7 Å². The summed E-state index contributed by atoms with van der Waals surface area (Å²) in [6, 6.07) is 18.2. The van der Waals surface area contributed by atoms with E-state index < -0.39 is 0 Å². The fraction of sp³-hybridized carbons (Fsp3) is 0.318. The minimum atomic E-state index is -0.0229. The number of nitrogens with one attached hydrogen (secondary N) is 1. The molecule has 0 radical (unpaired) electrons. The Morgan fingerprint density at radius 3 is 2.69 bits per heavy atom. The van der Waals surface area contributed by atoms with Crippen LogP contribution in [0.2, 0.25) is 0 Å². The van der Waals surface area contributed by atoms with E-state index in [1.54, 1.807) is 0 Å². The highest BCUT2D eigenvalue weighted by atomic mass is 32.2. The number of hydrogen-bond donors (Lipinski definition) is 1. The van der Waals surface area contributed by atoms with Gasteiger partial charge in [-0.2, -0.15) is 0 Å². The Hall–Kier alpha value is -2.64. The van der Waals surface area contributed by atoms with E-state index in [0.29, 0.717) is 11.7 Å². The third-order valence-electron chi connectivity index (χ3n) is 4.84. The van der Waals surface area contributed by atoms with Crippen molar-refractivity contribution < 1.29 is 9.53 Å². The van der Waals surface area contributed by atoms with Gasteiger partial charge in [0.15, 0.2) is 11.0 Å². The van der Waals surface area contributed by atoms with Gasteiger partial charge in [0.1, 0.15) is 0 Å². The molecule has 7 heteroatoms. The van der Waals surface area contributed by atoms with Gasteiger partial charge in [-0.1, -0.05) is 59.8 Å². The van der Waals surface area contributed by atoms with Crippen LogP contribution in [0.25, 0.3) is 17.1 Å². The molecule has 1 atom stereocenters. The van der Waals surface area contributed by atoms with Gasteiger partial charge in [0.2, 0.25) is 5.91 Å². The van der Waals surface area contributed by atoms with Crippen LogP contribution in [0.5, 0.6) is 0 Å². The molecule has 4 rings (SSSR count). The number of carbonyl (C=O) groups is 1. The molecule has 1 saturated heterocycles. The first kappa shape index (κ1) is 19.7. The first-order valence-corrected chi connectivity index (χ1v) is 10.8. The van der Waals surface area contributed by atoms with Crippen molar-refractivity contribution in [1.29, 1.82) is 0 Å². The summed E-state index contributed by atoms with van der Waals surface area (Å²) in [7, 11) is 0. The molecule has 1 fully saturated rings. The summed E-state index contributed by atoms with van der Waals surface area (Å²) in [6.45, 7) is 3.42. The zero-order valence-corrected chi connectivity index (χ0v) is 17.2. The molecule has 2 aromatic carbocycles. The molecule has 1 N–H and O–H groups in total. The number of aromatic nitrogens is 3. The van der Waals surface area contributed by atoms with Gasteiger partial charge in [0.25, 0.3) is 0 Å². The highest BCUT2D eigenvalue weighted by molar-refractivity contribution is 7.99. The van der Waals surface area contributed by atoms with Gasteiger partial charge in [-0.25, -0.2) is 0 Å². The third kappa shape index (κ3) is 4.86. The predicted octanol–water partition coefficient (Wildman–Crippen LogP) is 3.63. The lowest BCUT2D eigenvalue weighted by atomic mass is 10.2. The fourth-order valence-electron chi connectivity index (χ4n) is 3.28. The molecule has 2 heterocycles. The van der Waals surface area contributed by atoms with Crippen molar-refractivity contribution in [3.05, 3.63) is 60.2 Å². The van der Waals surface area contributed by atoms with Gasteiger partial charge >= 0.3 is 0 Å². The lowest BCUT2D eigenvalue weighted by Gasteiger charge is -2.12. The second kappa shape index (κ2) is 9.24. The molecule has 0 aliphatic carbocycles. The summed E-state index contributed by atoms with van der Waals surface area (Å²) < 4.78 is 7.56. The summed E-state index contributed by atoms with van der Waals surface area (Å²) in [6.07, 6.45) is 2.22. The highest BCUT2D eigenvalue weighted by Gasteiger charge is 2.19. The van der Waals surface area contributed by atoms with Crippen LogP contribution < -0.4 is 5.32 Å². The van der Waals surface area contributed by atoms with Crippen LogP contribution in [0, 0.1) is 6.92 Å². The van der Waals surface area contributed by atoms with Crippen LogP contribution in [0.4, 0.5) is 0 Å². The zero-order chi connectivity index (χ0) is 20.1. The molecular formula is C22H24N4O2S. The molecule has 150 valence electrons. The molecule has 1 aliphatic rings. The van der Waals surface area contributed by atoms with E-state index in [1.165, 1.54) is 17.3 Å². The van der Waals surface area contributed by atoms with E-state index in [0.717, 1.165) is 36.5 Å². The number of nitrogens with zero attached hydrogens (tertiary/aromatic N) is 3. The second-order valence-electron chi connectivity index (χ2n) is 7.07. The van der Waals surface area contributed by atoms with Crippen molar-refractivity contribution in [3.63, 3.8) is 0 Å². The molecular weight excluding hydrogens is 384 g/mol. The van der Waals surface area contributed by atoms with Crippen LogP contribution in [0.1, 0.15) is 18.4 Å².